The molecule has 0 bridgehead atoms. The van der Waals surface area contributed by atoms with Crippen LogP contribution in [-0.2, 0) is 11.2 Å². The summed E-state index contributed by atoms with van der Waals surface area (Å²) in [6, 6.07) is 5.30. The Labute approximate surface area is 124 Å². The molecule has 114 valence electrons. The number of nitrogens with zero attached hydrogens (tertiary/aromatic N) is 2. The predicted molar refractivity (Wildman–Crippen MR) is 72.1 cm³/mol. The molecule has 0 saturated carbocycles. The van der Waals surface area contributed by atoms with Gasteiger partial charge in [-0.3, -0.25) is 0 Å². The van der Waals surface area contributed by atoms with Gasteiger partial charge in [0, 0.05) is 6.42 Å². The first-order valence-electron chi connectivity index (χ1n) is 6.34. The van der Waals surface area contributed by atoms with Crippen molar-refractivity contribution in [2.45, 2.75) is 6.42 Å². The van der Waals surface area contributed by atoms with Crippen LogP contribution in [0, 0.1) is 0 Å². The van der Waals surface area contributed by atoms with Gasteiger partial charge in [0.1, 0.15) is 5.82 Å². The summed E-state index contributed by atoms with van der Waals surface area (Å²) in [5.74, 6) is -0.759. The van der Waals surface area contributed by atoms with Crippen LogP contribution in [0.4, 0.5) is 0 Å². The van der Waals surface area contributed by atoms with E-state index in [1.54, 1.807) is 18.2 Å². The Kier molecular flexibility index (Phi) is 3.42. The predicted octanol–water partition coefficient (Wildman–Crippen LogP) is 0.994. The minimum Gasteiger partial charge on any atom is -0.492 e. The van der Waals surface area contributed by atoms with Crippen LogP contribution >= 0.6 is 0 Å². The van der Waals surface area contributed by atoms with Crippen LogP contribution in [0.1, 0.15) is 21.7 Å². The minimum atomic E-state index is -0.912. The van der Waals surface area contributed by atoms with Crippen LogP contribution < -0.4 is 9.47 Å². The zero-order chi connectivity index (χ0) is 15.7. The highest BCUT2D eigenvalue weighted by Gasteiger charge is 2.22. The standard InChI is InChI=1S/C14H12N2O6/c1-20-14(19)11-12(17)15-10(16-13(11)18)5-7-2-3-8-9(4-7)22-6-21-8/h2-4H,5-6H2,1H3,(H2,15,16,17,18). The number of esters is 1. The van der Waals surface area contributed by atoms with E-state index in [1.165, 1.54) is 0 Å². The Morgan fingerprint density at radius 2 is 1.91 bits per heavy atom. The molecule has 0 aliphatic carbocycles. The first kappa shape index (κ1) is 13.9. The zero-order valence-corrected chi connectivity index (χ0v) is 11.6. The van der Waals surface area contributed by atoms with Gasteiger partial charge in [-0.2, -0.15) is 9.97 Å². The smallest absolute Gasteiger partial charge is 0.348 e. The van der Waals surface area contributed by atoms with Crippen LogP contribution in [-0.4, -0.2) is 40.1 Å². The molecule has 2 aromatic rings. The van der Waals surface area contributed by atoms with E-state index in [4.69, 9.17) is 9.47 Å². The Balaban J connectivity index is 1.88. The molecule has 0 atom stereocenters. The van der Waals surface area contributed by atoms with Gasteiger partial charge in [0.15, 0.2) is 17.1 Å². The number of hydrogen-bond acceptors (Lipinski definition) is 8. The minimum absolute atomic E-state index is 0.154. The topological polar surface area (TPSA) is 111 Å². The zero-order valence-electron chi connectivity index (χ0n) is 11.6. The Hall–Kier alpha value is -3.03. The molecule has 8 nitrogen and oxygen atoms in total. The fourth-order valence-corrected chi connectivity index (χ4v) is 2.08. The number of ether oxygens (including phenoxy) is 3. The molecule has 0 spiro atoms. The van der Waals surface area contributed by atoms with E-state index < -0.39 is 23.3 Å². The molecule has 2 N–H and O–H groups in total. The molecule has 1 aliphatic heterocycles. The number of carbonyl (C=O) groups excluding carboxylic acids is 1. The molecule has 0 saturated heterocycles. The monoisotopic (exact) mass is 304 g/mol. The van der Waals surface area contributed by atoms with E-state index in [0.29, 0.717) is 11.5 Å². The van der Waals surface area contributed by atoms with Crippen molar-refractivity contribution in [3.63, 3.8) is 0 Å². The third kappa shape index (κ3) is 2.46. The maximum atomic E-state index is 11.4. The molecule has 1 aliphatic rings. The van der Waals surface area contributed by atoms with E-state index in [9.17, 15) is 15.0 Å². The Bertz CT molecular complexity index is 723. The maximum Gasteiger partial charge on any atom is 0.348 e. The Morgan fingerprint density at radius 3 is 2.59 bits per heavy atom. The van der Waals surface area contributed by atoms with Crippen molar-refractivity contribution in [2.24, 2.45) is 0 Å². The largest absolute Gasteiger partial charge is 0.492 e. The van der Waals surface area contributed by atoms with Gasteiger partial charge in [0.2, 0.25) is 18.6 Å². The third-order valence-electron chi connectivity index (χ3n) is 3.11. The second-order valence-electron chi connectivity index (χ2n) is 4.52. The molecule has 8 heteroatoms. The van der Waals surface area contributed by atoms with E-state index in [2.05, 4.69) is 14.7 Å². The Morgan fingerprint density at radius 1 is 1.23 bits per heavy atom. The second-order valence-corrected chi connectivity index (χ2v) is 4.52. The van der Waals surface area contributed by atoms with Gasteiger partial charge in [-0.1, -0.05) is 6.07 Å². The summed E-state index contributed by atoms with van der Waals surface area (Å²) in [7, 11) is 1.13. The maximum absolute atomic E-state index is 11.4. The molecule has 3 rings (SSSR count). The van der Waals surface area contributed by atoms with Gasteiger partial charge in [-0.15, -0.1) is 0 Å². The number of rotatable bonds is 3. The lowest BCUT2D eigenvalue weighted by Crippen LogP contribution is -2.07. The highest BCUT2D eigenvalue weighted by Crippen LogP contribution is 2.33. The van der Waals surface area contributed by atoms with Crippen molar-refractivity contribution in [3.8, 4) is 23.3 Å². The van der Waals surface area contributed by atoms with Crippen LogP contribution in [0.5, 0.6) is 23.3 Å². The molecule has 1 aromatic heterocycles. The van der Waals surface area contributed by atoms with Crippen molar-refractivity contribution < 1.29 is 29.2 Å². The molecule has 0 radical (unpaired) electrons. The van der Waals surface area contributed by atoms with Gasteiger partial charge in [-0.05, 0) is 17.7 Å². The summed E-state index contributed by atoms with van der Waals surface area (Å²) in [6.45, 7) is 0.171. The van der Waals surface area contributed by atoms with Crippen LogP contribution in [0.3, 0.4) is 0 Å². The lowest BCUT2D eigenvalue weighted by molar-refractivity contribution is 0.0592. The van der Waals surface area contributed by atoms with Crippen molar-refractivity contribution in [2.75, 3.05) is 13.9 Å². The average molecular weight is 304 g/mol. The summed E-state index contributed by atoms with van der Waals surface area (Å²) in [4.78, 5) is 19.0. The molecule has 22 heavy (non-hydrogen) atoms. The van der Waals surface area contributed by atoms with E-state index in [1.807, 2.05) is 0 Å². The normalized spacial score (nSPS) is 12.2. The van der Waals surface area contributed by atoms with Crippen molar-refractivity contribution in [1.82, 2.24) is 9.97 Å². The van der Waals surface area contributed by atoms with Crippen LogP contribution in [0.2, 0.25) is 0 Å². The number of methoxy groups -OCH3 is 1. The van der Waals surface area contributed by atoms with Crippen molar-refractivity contribution in [1.29, 1.82) is 0 Å². The highest BCUT2D eigenvalue weighted by atomic mass is 16.7. The average Bonchev–Trinajstić information content (AvgIpc) is 2.93. The summed E-state index contributed by atoms with van der Waals surface area (Å²) >= 11 is 0. The fraction of sp³-hybridized carbons (Fsp3) is 0.214. The van der Waals surface area contributed by atoms with Gasteiger partial charge in [0.05, 0.1) is 7.11 Å². The first-order chi connectivity index (χ1) is 10.6. The van der Waals surface area contributed by atoms with Crippen LogP contribution in [0.25, 0.3) is 0 Å². The van der Waals surface area contributed by atoms with Gasteiger partial charge < -0.3 is 24.4 Å². The molecular weight excluding hydrogens is 292 g/mol. The van der Waals surface area contributed by atoms with Gasteiger partial charge in [-0.25, -0.2) is 4.79 Å². The summed E-state index contributed by atoms with van der Waals surface area (Å²) in [5.41, 5.74) is 0.339. The van der Waals surface area contributed by atoms with E-state index in [0.717, 1.165) is 12.7 Å². The summed E-state index contributed by atoms with van der Waals surface area (Å²) < 4.78 is 14.9. The number of fused-ring (bicyclic) bond motifs is 1. The number of carbonyl (C=O) groups is 1. The van der Waals surface area contributed by atoms with Crippen LogP contribution in [0.15, 0.2) is 18.2 Å². The molecule has 0 unspecified atom stereocenters. The quantitative estimate of drug-likeness (QED) is 0.808. The third-order valence-corrected chi connectivity index (χ3v) is 3.11. The number of hydrogen-bond donors (Lipinski definition) is 2. The molecule has 0 fully saturated rings. The summed E-state index contributed by atoms with van der Waals surface area (Å²) in [5, 5.41) is 19.5. The molecular formula is C14H12N2O6. The number of aromatic nitrogens is 2. The lowest BCUT2D eigenvalue weighted by Gasteiger charge is -2.07. The van der Waals surface area contributed by atoms with Crippen molar-refractivity contribution >= 4 is 5.97 Å². The molecule has 0 amide bonds. The van der Waals surface area contributed by atoms with Gasteiger partial charge >= 0.3 is 5.97 Å². The second kappa shape index (κ2) is 5.40. The first-order valence-corrected chi connectivity index (χ1v) is 6.34. The lowest BCUT2D eigenvalue weighted by atomic mass is 10.1. The van der Waals surface area contributed by atoms with E-state index >= 15 is 0 Å². The van der Waals surface area contributed by atoms with E-state index in [-0.39, 0.29) is 19.0 Å². The SMILES string of the molecule is COC(=O)c1c(O)nc(Cc2ccc3c(c2)OCO3)nc1O. The summed E-state index contributed by atoms with van der Waals surface area (Å²) in [6.07, 6.45) is 0.235. The molecule has 1 aromatic carbocycles. The number of aromatic hydroxyl groups is 2. The fourth-order valence-electron chi connectivity index (χ4n) is 2.08. The highest BCUT2D eigenvalue weighted by molar-refractivity contribution is 5.93. The number of benzene rings is 1. The van der Waals surface area contributed by atoms with Gasteiger partial charge in [0.25, 0.3) is 0 Å². The van der Waals surface area contributed by atoms with Crippen molar-refractivity contribution in [3.05, 3.63) is 35.2 Å². The molecule has 2 heterocycles.